The molecule has 2 aromatic heterocycles. The molecule has 0 spiro atoms. The van der Waals surface area contributed by atoms with Crippen LogP contribution in [0.25, 0.3) is 5.65 Å². The first-order valence-corrected chi connectivity index (χ1v) is 8.58. The molecule has 1 aliphatic heterocycles. The number of nitrogens with one attached hydrogen (secondary N) is 1. The van der Waals surface area contributed by atoms with E-state index in [-0.39, 0.29) is 5.91 Å². The molecule has 22 heavy (non-hydrogen) atoms. The van der Waals surface area contributed by atoms with Gasteiger partial charge in [0.2, 0.25) is 0 Å². The molecule has 5 nitrogen and oxygen atoms in total. The molecule has 0 unspecified atom stereocenters. The van der Waals surface area contributed by atoms with Gasteiger partial charge in [-0.3, -0.25) is 9.20 Å². The predicted molar refractivity (Wildman–Crippen MR) is 90.4 cm³/mol. The summed E-state index contributed by atoms with van der Waals surface area (Å²) in [5, 5.41) is 3.34. The summed E-state index contributed by atoms with van der Waals surface area (Å²) in [6, 6.07) is 2.03. The Morgan fingerprint density at radius 3 is 3.00 bits per heavy atom. The highest BCUT2D eigenvalue weighted by Gasteiger charge is 2.25. The molecule has 0 radical (unpaired) electrons. The normalized spacial score (nSPS) is 16.0. The van der Waals surface area contributed by atoms with Crippen molar-refractivity contribution in [3.8, 4) is 0 Å². The third-order valence-corrected chi connectivity index (χ3v) is 4.63. The Kier molecular flexibility index (Phi) is 4.49. The van der Waals surface area contributed by atoms with Gasteiger partial charge in [-0.25, -0.2) is 4.98 Å². The predicted octanol–water partition coefficient (Wildman–Crippen LogP) is 2.40. The minimum atomic E-state index is 0.0885. The van der Waals surface area contributed by atoms with Crippen LogP contribution in [0.1, 0.15) is 35.1 Å². The summed E-state index contributed by atoms with van der Waals surface area (Å²) in [6.45, 7) is 7.45. The number of hydrogen-bond donors (Lipinski definition) is 1. The number of carbonyl (C=O) groups is 1. The van der Waals surface area contributed by atoms with Crippen molar-refractivity contribution in [3.05, 3.63) is 33.7 Å². The van der Waals surface area contributed by atoms with E-state index in [1.165, 1.54) is 0 Å². The first-order valence-electron chi connectivity index (χ1n) is 7.79. The van der Waals surface area contributed by atoms with Crippen LogP contribution in [-0.4, -0.2) is 46.4 Å². The van der Waals surface area contributed by atoms with Crippen LogP contribution in [0.15, 0.2) is 16.7 Å². The number of carbonyl (C=O) groups excluding carboxylic acids is 1. The van der Waals surface area contributed by atoms with Gasteiger partial charge in [-0.2, -0.15) is 0 Å². The quantitative estimate of drug-likeness (QED) is 0.889. The molecule has 2 aromatic rings. The average molecular weight is 365 g/mol. The van der Waals surface area contributed by atoms with Gasteiger partial charge in [0.15, 0.2) is 5.65 Å². The highest BCUT2D eigenvalue weighted by Crippen LogP contribution is 2.24. The van der Waals surface area contributed by atoms with E-state index in [4.69, 9.17) is 0 Å². The second-order valence-electron chi connectivity index (χ2n) is 5.72. The third-order valence-electron chi connectivity index (χ3n) is 4.05. The van der Waals surface area contributed by atoms with E-state index in [0.29, 0.717) is 5.69 Å². The number of aryl methyl sites for hydroxylation is 2. The zero-order chi connectivity index (χ0) is 15.7. The van der Waals surface area contributed by atoms with Crippen LogP contribution in [0, 0.1) is 6.92 Å². The van der Waals surface area contributed by atoms with E-state index in [0.717, 1.165) is 60.4 Å². The summed E-state index contributed by atoms with van der Waals surface area (Å²) in [4.78, 5) is 19.7. The van der Waals surface area contributed by atoms with Crippen molar-refractivity contribution < 1.29 is 4.79 Å². The van der Waals surface area contributed by atoms with E-state index < -0.39 is 0 Å². The first kappa shape index (κ1) is 15.5. The number of rotatable bonds is 2. The zero-order valence-corrected chi connectivity index (χ0v) is 14.6. The molecule has 3 heterocycles. The van der Waals surface area contributed by atoms with Crippen molar-refractivity contribution >= 4 is 27.5 Å². The van der Waals surface area contributed by atoms with Crippen molar-refractivity contribution in [3.63, 3.8) is 0 Å². The molecule has 118 valence electrons. The van der Waals surface area contributed by atoms with Crippen LogP contribution >= 0.6 is 15.9 Å². The van der Waals surface area contributed by atoms with Gasteiger partial charge in [0, 0.05) is 25.8 Å². The van der Waals surface area contributed by atoms with Crippen LogP contribution in [-0.2, 0) is 6.42 Å². The smallest absolute Gasteiger partial charge is 0.272 e. The summed E-state index contributed by atoms with van der Waals surface area (Å²) in [6.07, 6.45) is 3.74. The van der Waals surface area contributed by atoms with Gasteiger partial charge in [-0.05, 0) is 53.9 Å². The molecular formula is C16H21BrN4O. The molecule has 0 bridgehead atoms. The first-order chi connectivity index (χ1) is 10.6. The van der Waals surface area contributed by atoms with Crippen LogP contribution in [0.3, 0.4) is 0 Å². The Hall–Kier alpha value is -1.40. The fourth-order valence-corrected chi connectivity index (χ4v) is 3.59. The van der Waals surface area contributed by atoms with Gasteiger partial charge in [-0.15, -0.1) is 0 Å². The van der Waals surface area contributed by atoms with Crippen molar-refractivity contribution in [2.24, 2.45) is 0 Å². The number of imidazole rings is 1. The Labute approximate surface area is 138 Å². The van der Waals surface area contributed by atoms with Crippen molar-refractivity contribution in [1.82, 2.24) is 19.6 Å². The highest BCUT2D eigenvalue weighted by molar-refractivity contribution is 9.10. The summed E-state index contributed by atoms with van der Waals surface area (Å²) in [5.74, 6) is 0.0885. The molecule has 1 saturated heterocycles. The Morgan fingerprint density at radius 2 is 2.23 bits per heavy atom. The number of hydrogen-bond acceptors (Lipinski definition) is 3. The minimum absolute atomic E-state index is 0.0885. The van der Waals surface area contributed by atoms with Crippen LogP contribution < -0.4 is 5.32 Å². The molecule has 1 N–H and O–H groups in total. The lowest BCUT2D eigenvalue weighted by molar-refractivity contribution is 0.0758. The van der Waals surface area contributed by atoms with Crippen molar-refractivity contribution in [2.75, 3.05) is 26.2 Å². The molecule has 0 aromatic carbocycles. The number of fused-ring (bicyclic) bond motifs is 1. The van der Waals surface area contributed by atoms with E-state index in [1.807, 2.05) is 35.4 Å². The van der Waals surface area contributed by atoms with E-state index >= 15 is 0 Å². The monoisotopic (exact) mass is 364 g/mol. The molecule has 1 amide bonds. The fraction of sp³-hybridized carbons (Fsp3) is 0.500. The SMILES string of the molecule is CCc1nc2c(Br)cc(C)cn2c1C(=O)N1CCCNCC1. The number of nitrogens with zero attached hydrogens (tertiary/aromatic N) is 3. The fourth-order valence-electron chi connectivity index (χ4n) is 2.95. The van der Waals surface area contributed by atoms with Gasteiger partial charge in [-0.1, -0.05) is 6.92 Å². The number of pyridine rings is 1. The number of amides is 1. The molecular weight excluding hydrogens is 344 g/mol. The molecule has 0 saturated carbocycles. The second kappa shape index (κ2) is 6.38. The van der Waals surface area contributed by atoms with Crippen LogP contribution in [0.5, 0.6) is 0 Å². The Balaban J connectivity index is 2.09. The van der Waals surface area contributed by atoms with E-state index in [2.05, 4.69) is 26.2 Å². The van der Waals surface area contributed by atoms with Gasteiger partial charge in [0.1, 0.15) is 5.69 Å². The van der Waals surface area contributed by atoms with Gasteiger partial charge < -0.3 is 10.2 Å². The average Bonchev–Trinajstić information content (AvgIpc) is 2.68. The Bertz CT molecular complexity index is 702. The minimum Gasteiger partial charge on any atom is -0.336 e. The lowest BCUT2D eigenvalue weighted by atomic mass is 10.2. The lowest BCUT2D eigenvalue weighted by Gasteiger charge is -2.20. The third kappa shape index (κ3) is 2.77. The van der Waals surface area contributed by atoms with Gasteiger partial charge >= 0.3 is 0 Å². The summed E-state index contributed by atoms with van der Waals surface area (Å²) in [7, 11) is 0. The molecule has 1 aliphatic rings. The maximum absolute atomic E-state index is 13.1. The molecule has 0 aliphatic carbocycles. The summed E-state index contributed by atoms with van der Waals surface area (Å²) < 4.78 is 2.87. The van der Waals surface area contributed by atoms with Crippen molar-refractivity contribution in [2.45, 2.75) is 26.7 Å². The standard InChI is InChI=1S/C16H21BrN4O/c1-3-13-14(16(22)20-7-4-5-18-6-8-20)21-10-11(2)9-12(17)15(21)19-13/h9-10,18H,3-8H2,1-2H3. The zero-order valence-electron chi connectivity index (χ0n) is 13.0. The number of aromatic nitrogens is 2. The van der Waals surface area contributed by atoms with Crippen LogP contribution in [0.4, 0.5) is 0 Å². The second-order valence-corrected chi connectivity index (χ2v) is 6.57. The lowest BCUT2D eigenvalue weighted by Crippen LogP contribution is -2.35. The largest absolute Gasteiger partial charge is 0.336 e. The Morgan fingerprint density at radius 1 is 1.41 bits per heavy atom. The van der Waals surface area contributed by atoms with Crippen molar-refractivity contribution in [1.29, 1.82) is 0 Å². The molecule has 3 rings (SSSR count). The molecule has 0 atom stereocenters. The maximum atomic E-state index is 13.1. The summed E-state index contributed by atoms with van der Waals surface area (Å²) >= 11 is 3.56. The van der Waals surface area contributed by atoms with Gasteiger partial charge in [0.25, 0.3) is 5.91 Å². The molecule has 1 fully saturated rings. The number of halogens is 1. The summed E-state index contributed by atoms with van der Waals surface area (Å²) in [5.41, 5.74) is 3.50. The highest BCUT2D eigenvalue weighted by atomic mass is 79.9. The van der Waals surface area contributed by atoms with E-state index in [1.54, 1.807) is 0 Å². The molecule has 6 heteroatoms. The topological polar surface area (TPSA) is 49.6 Å². The van der Waals surface area contributed by atoms with Crippen LogP contribution in [0.2, 0.25) is 0 Å². The maximum Gasteiger partial charge on any atom is 0.272 e. The van der Waals surface area contributed by atoms with Gasteiger partial charge in [0.05, 0.1) is 10.2 Å². The van der Waals surface area contributed by atoms with E-state index in [9.17, 15) is 4.79 Å².